The smallest absolute Gasteiger partial charge is 0.370 e. The van der Waals surface area contributed by atoms with E-state index in [4.69, 9.17) is 4.74 Å². The van der Waals surface area contributed by atoms with Crippen molar-refractivity contribution in [2.45, 2.75) is 38.4 Å². The molecule has 0 aromatic carbocycles. The van der Waals surface area contributed by atoms with Gasteiger partial charge in [-0.15, -0.1) is 0 Å². The first-order valence-corrected chi connectivity index (χ1v) is 5.59. The second kappa shape index (κ2) is 6.25. The van der Waals surface area contributed by atoms with E-state index in [2.05, 4.69) is 11.4 Å². The van der Waals surface area contributed by atoms with Gasteiger partial charge in [0.05, 0.1) is 12.6 Å². The highest BCUT2D eigenvalue weighted by Crippen LogP contribution is 2.22. The molecule has 2 nitrogen and oxygen atoms in total. The molecule has 0 radical (unpaired) electrons. The van der Waals surface area contributed by atoms with Gasteiger partial charge in [0, 0.05) is 0 Å². The molecule has 1 aliphatic rings. The highest BCUT2D eigenvalue weighted by molar-refractivity contribution is 5.15. The van der Waals surface area contributed by atoms with Crippen molar-refractivity contribution in [3.8, 4) is 0 Å². The van der Waals surface area contributed by atoms with Crippen LogP contribution in [0.15, 0.2) is 11.6 Å². The topological polar surface area (TPSA) is 21.3 Å². The lowest BCUT2D eigenvalue weighted by Crippen LogP contribution is -2.36. The van der Waals surface area contributed by atoms with Gasteiger partial charge in [-0.05, 0) is 25.8 Å². The summed E-state index contributed by atoms with van der Waals surface area (Å²) in [5, 5.41) is 3.15. The third-order valence-electron chi connectivity index (χ3n) is 2.52. The minimum absolute atomic E-state index is 0.0603. The van der Waals surface area contributed by atoms with E-state index in [0.717, 1.165) is 25.8 Å². The molecule has 0 bridgehead atoms. The molecule has 0 spiro atoms. The maximum absolute atomic E-state index is 11.9. The molecule has 0 aliphatic heterocycles. The average molecular weight is 237 g/mol. The van der Waals surface area contributed by atoms with Crippen LogP contribution in [0.5, 0.6) is 0 Å². The zero-order valence-electron chi connectivity index (χ0n) is 9.44. The maximum atomic E-state index is 11.9. The van der Waals surface area contributed by atoms with E-state index in [1.54, 1.807) is 0 Å². The minimum atomic E-state index is -4.24. The Morgan fingerprint density at radius 2 is 2.25 bits per heavy atom. The van der Waals surface area contributed by atoms with Crippen molar-refractivity contribution in [1.29, 1.82) is 0 Å². The molecular formula is C11H18F3NO. The monoisotopic (exact) mass is 237 g/mol. The predicted molar refractivity (Wildman–Crippen MR) is 56.3 cm³/mol. The molecule has 0 heterocycles. The minimum Gasteiger partial charge on any atom is -0.370 e. The number of halogens is 3. The van der Waals surface area contributed by atoms with Gasteiger partial charge >= 0.3 is 6.18 Å². The van der Waals surface area contributed by atoms with Crippen LogP contribution in [0, 0.1) is 0 Å². The molecule has 0 fully saturated rings. The zero-order chi connectivity index (χ0) is 12.0. The fourth-order valence-corrected chi connectivity index (χ4v) is 1.85. The van der Waals surface area contributed by atoms with Crippen molar-refractivity contribution in [3.05, 3.63) is 11.6 Å². The molecule has 0 saturated carbocycles. The first-order valence-electron chi connectivity index (χ1n) is 5.59. The second-order valence-corrected chi connectivity index (χ2v) is 3.91. The van der Waals surface area contributed by atoms with Crippen LogP contribution in [0.25, 0.3) is 0 Å². The van der Waals surface area contributed by atoms with Crippen molar-refractivity contribution in [2.24, 2.45) is 0 Å². The fraction of sp³-hybridized carbons (Fsp3) is 0.818. The Balaban J connectivity index is 2.33. The normalized spacial score (nSPS) is 18.6. The summed E-state index contributed by atoms with van der Waals surface area (Å²) in [6.07, 6.45) is 0.950. The van der Waals surface area contributed by atoms with E-state index < -0.39 is 12.8 Å². The van der Waals surface area contributed by atoms with Crippen molar-refractivity contribution >= 4 is 0 Å². The summed E-state index contributed by atoms with van der Waals surface area (Å²) >= 11 is 0. The number of hydrogen-bond donors (Lipinski definition) is 1. The summed E-state index contributed by atoms with van der Waals surface area (Å²) in [5.41, 5.74) is 1.18. The Labute approximate surface area is 93.9 Å². The van der Waals surface area contributed by atoms with Crippen LogP contribution in [-0.2, 0) is 4.74 Å². The number of nitrogens with one attached hydrogen (secondary N) is 1. The molecule has 1 atom stereocenters. The Bertz CT molecular complexity index is 238. The number of hydrogen-bond acceptors (Lipinski definition) is 2. The molecule has 0 amide bonds. The standard InChI is InChI=1S/C11H18F3NO/c1-2-15-10(9-5-3-4-6-9)7-16-8-11(12,13)14/h5,10,15H,2-4,6-8H2,1H3. The molecule has 0 aromatic rings. The van der Waals surface area contributed by atoms with Gasteiger partial charge in [-0.2, -0.15) is 13.2 Å². The number of alkyl halides is 3. The van der Waals surface area contributed by atoms with E-state index in [0.29, 0.717) is 0 Å². The van der Waals surface area contributed by atoms with Gasteiger partial charge in [-0.3, -0.25) is 0 Å². The molecule has 1 rings (SSSR count). The second-order valence-electron chi connectivity index (χ2n) is 3.91. The molecule has 5 heteroatoms. The molecule has 16 heavy (non-hydrogen) atoms. The van der Waals surface area contributed by atoms with Crippen molar-refractivity contribution in [1.82, 2.24) is 5.32 Å². The lowest BCUT2D eigenvalue weighted by Gasteiger charge is -2.20. The van der Waals surface area contributed by atoms with Crippen LogP contribution in [0.1, 0.15) is 26.2 Å². The van der Waals surface area contributed by atoms with Crippen molar-refractivity contribution in [3.63, 3.8) is 0 Å². The summed E-state index contributed by atoms with van der Waals surface area (Å²) in [5.74, 6) is 0. The lowest BCUT2D eigenvalue weighted by atomic mass is 10.1. The van der Waals surface area contributed by atoms with Gasteiger partial charge in [0.1, 0.15) is 6.61 Å². The van der Waals surface area contributed by atoms with Gasteiger partial charge in [0.2, 0.25) is 0 Å². The summed E-state index contributed by atoms with van der Waals surface area (Å²) in [6.45, 7) is 1.60. The van der Waals surface area contributed by atoms with Gasteiger partial charge in [-0.25, -0.2) is 0 Å². The number of ether oxygens (including phenoxy) is 1. The van der Waals surface area contributed by atoms with E-state index in [-0.39, 0.29) is 12.6 Å². The maximum Gasteiger partial charge on any atom is 0.411 e. The highest BCUT2D eigenvalue weighted by Gasteiger charge is 2.28. The third kappa shape index (κ3) is 4.99. The van der Waals surface area contributed by atoms with Crippen LogP contribution in [0.3, 0.4) is 0 Å². The SMILES string of the molecule is CCNC(COCC(F)(F)F)C1=CCCC1. The molecule has 94 valence electrons. The molecular weight excluding hydrogens is 219 g/mol. The summed E-state index contributed by atoms with van der Waals surface area (Å²) < 4.78 is 40.4. The third-order valence-corrected chi connectivity index (χ3v) is 2.52. The van der Waals surface area contributed by atoms with E-state index in [9.17, 15) is 13.2 Å². The van der Waals surface area contributed by atoms with Gasteiger partial charge in [0.25, 0.3) is 0 Å². The Morgan fingerprint density at radius 3 is 2.75 bits per heavy atom. The number of likely N-dealkylation sites (N-methyl/N-ethyl adjacent to an activating group) is 1. The van der Waals surface area contributed by atoms with Crippen LogP contribution in [0.2, 0.25) is 0 Å². The lowest BCUT2D eigenvalue weighted by molar-refractivity contribution is -0.174. The van der Waals surface area contributed by atoms with E-state index in [1.807, 2.05) is 6.92 Å². The highest BCUT2D eigenvalue weighted by atomic mass is 19.4. The van der Waals surface area contributed by atoms with E-state index >= 15 is 0 Å². The Morgan fingerprint density at radius 1 is 1.50 bits per heavy atom. The Hall–Kier alpha value is -0.550. The van der Waals surface area contributed by atoms with Crippen LogP contribution < -0.4 is 5.32 Å². The first-order chi connectivity index (χ1) is 7.53. The van der Waals surface area contributed by atoms with Crippen molar-refractivity contribution in [2.75, 3.05) is 19.8 Å². The summed E-state index contributed by atoms with van der Waals surface area (Å²) in [7, 11) is 0. The van der Waals surface area contributed by atoms with Crippen LogP contribution >= 0.6 is 0 Å². The summed E-state index contributed by atoms with van der Waals surface area (Å²) in [4.78, 5) is 0. The quantitative estimate of drug-likeness (QED) is 0.717. The Kier molecular flexibility index (Phi) is 5.28. The molecule has 1 unspecified atom stereocenters. The van der Waals surface area contributed by atoms with Gasteiger partial charge in [0.15, 0.2) is 0 Å². The van der Waals surface area contributed by atoms with Crippen LogP contribution in [0.4, 0.5) is 13.2 Å². The zero-order valence-corrected chi connectivity index (χ0v) is 9.44. The van der Waals surface area contributed by atoms with Gasteiger partial charge < -0.3 is 10.1 Å². The van der Waals surface area contributed by atoms with Gasteiger partial charge in [-0.1, -0.05) is 18.6 Å². The molecule has 0 aromatic heterocycles. The van der Waals surface area contributed by atoms with Crippen LogP contribution in [-0.4, -0.2) is 32.0 Å². The number of rotatable bonds is 6. The largest absolute Gasteiger partial charge is 0.411 e. The predicted octanol–water partition coefficient (Wildman–Crippen LogP) is 2.65. The van der Waals surface area contributed by atoms with E-state index in [1.165, 1.54) is 5.57 Å². The molecule has 1 aliphatic carbocycles. The summed E-state index contributed by atoms with van der Waals surface area (Å²) in [6, 6.07) is -0.0603. The fourth-order valence-electron chi connectivity index (χ4n) is 1.85. The first kappa shape index (κ1) is 13.5. The molecule has 1 N–H and O–H groups in total. The molecule has 0 saturated heterocycles. The van der Waals surface area contributed by atoms with Crippen molar-refractivity contribution < 1.29 is 17.9 Å². The average Bonchev–Trinajstić information content (AvgIpc) is 2.67. The number of allylic oxidation sites excluding steroid dienone is 1.